The molecule has 0 fully saturated rings. The molecule has 0 spiro atoms. The highest BCUT2D eigenvalue weighted by Gasteiger charge is 2.20. The van der Waals surface area contributed by atoms with E-state index in [1.807, 2.05) is 24.4 Å². The van der Waals surface area contributed by atoms with Gasteiger partial charge in [0.1, 0.15) is 5.82 Å². The smallest absolute Gasteiger partial charge is 0.141 e. The van der Waals surface area contributed by atoms with Crippen LogP contribution in [0.15, 0.2) is 140 Å². The molecule has 3 heterocycles. The van der Waals surface area contributed by atoms with Gasteiger partial charge in [-0.2, -0.15) is 0 Å². The minimum absolute atomic E-state index is 0.950. The summed E-state index contributed by atoms with van der Waals surface area (Å²) in [6.45, 7) is 0. The molecule has 0 atom stereocenters. The Morgan fingerprint density at radius 3 is 2.12 bits per heavy atom. The highest BCUT2D eigenvalue weighted by atomic mass is 15.1. The van der Waals surface area contributed by atoms with Gasteiger partial charge in [0.05, 0.1) is 27.8 Å². The fraction of sp³-hybridized carbons (Fsp3) is 0.0270. The van der Waals surface area contributed by atoms with E-state index in [0.717, 1.165) is 44.9 Å². The SMILES string of the molecule is Cn1c(-c2cc3c(cc2-c2ccccc2)c2ccccc2n3-c2cccc(-c3ccccn3)c2)nc2ccccc21. The Morgan fingerprint density at radius 1 is 0.537 bits per heavy atom. The highest BCUT2D eigenvalue weighted by Crippen LogP contribution is 2.41. The van der Waals surface area contributed by atoms with Crippen molar-refractivity contribution in [2.45, 2.75) is 0 Å². The zero-order valence-corrected chi connectivity index (χ0v) is 22.6. The number of nitrogens with zero attached hydrogens (tertiary/aromatic N) is 4. The lowest BCUT2D eigenvalue weighted by atomic mass is 9.96. The molecular weight excluding hydrogens is 500 g/mol. The average Bonchev–Trinajstić information content (AvgIpc) is 3.55. The average molecular weight is 527 g/mol. The lowest BCUT2D eigenvalue weighted by Gasteiger charge is -2.14. The van der Waals surface area contributed by atoms with E-state index in [1.54, 1.807) is 0 Å². The fourth-order valence-corrected chi connectivity index (χ4v) is 6.06. The van der Waals surface area contributed by atoms with Crippen LogP contribution in [0.5, 0.6) is 0 Å². The lowest BCUT2D eigenvalue weighted by Crippen LogP contribution is -1.98. The zero-order valence-electron chi connectivity index (χ0n) is 22.6. The van der Waals surface area contributed by atoms with Crippen LogP contribution in [-0.2, 0) is 7.05 Å². The number of benzene rings is 5. The summed E-state index contributed by atoms with van der Waals surface area (Å²) in [6.07, 6.45) is 1.84. The Morgan fingerprint density at radius 2 is 1.29 bits per heavy atom. The molecule has 0 saturated carbocycles. The summed E-state index contributed by atoms with van der Waals surface area (Å²) in [5.74, 6) is 0.950. The van der Waals surface area contributed by atoms with E-state index in [-0.39, 0.29) is 0 Å². The molecule has 41 heavy (non-hydrogen) atoms. The van der Waals surface area contributed by atoms with Crippen molar-refractivity contribution >= 4 is 32.8 Å². The molecular formula is C37H26N4. The standard InChI is InChI=1S/C37H26N4/c1-40-35-20-8-6-18-33(35)39-37(40)31-24-36-30(23-29(31)25-12-3-2-4-13-25)28-16-5-7-19-34(28)41(36)27-15-11-14-26(22-27)32-17-9-10-21-38-32/h2-24H,1H3. The quantitative estimate of drug-likeness (QED) is 0.229. The second kappa shape index (κ2) is 9.32. The van der Waals surface area contributed by atoms with Crippen molar-refractivity contribution in [2.75, 3.05) is 0 Å². The number of hydrogen-bond donors (Lipinski definition) is 0. The molecule has 0 saturated heterocycles. The van der Waals surface area contributed by atoms with Crippen LogP contribution in [0.3, 0.4) is 0 Å². The largest absolute Gasteiger partial charge is 0.327 e. The molecule has 0 aliphatic rings. The van der Waals surface area contributed by atoms with Gasteiger partial charge in [0, 0.05) is 40.8 Å². The lowest BCUT2D eigenvalue weighted by molar-refractivity contribution is 0.960. The molecule has 4 heteroatoms. The van der Waals surface area contributed by atoms with Crippen LogP contribution in [0.25, 0.3) is 72.3 Å². The van der Waals surface area contributed by atoms with Crippen molar-refractivity contribution in [1.29, 1.82) is 0 Å². The predicted molar refractivity (Wildman–Crippen MR) is 169 cm³/mol. The Bertz CT molecular complexity index is 2210. The molecule has 8 aromatic rings. The van der Waals surface area contributed by atoms with Gasteiger partial charge in [-0.25, -0.2) is 4.98 Å². The molecule has 0 radical (unpaired) electrons. The maximum atomic E-state index is 5.13. The second-order valence-electron chi connectivity index (χ2n) is 10.4. The van der Waals surface area contributed by atoms with E-state index >= 15 is 0 Å². The molecule has 0 aliphatic carbocycles. The molecule has 3 aromatic heterocycles. The third-order valence-corrected chi connectivity index (χ3v) is 7.99. The molecule has 8 rings (SSSR count). The molecule has 0 amide bonds. The van der Waals surface area contributed by atoms with E-state index in [1.165, 1.54) is 27.4 Å². The summed E-state index contributed by atoms with van der Waals surface area (Å²) in [7, 11) is 2.11. The van der Waals surface area contributed by atoms with Gasteiger partial charge in [0.15, 0.2) is 0 Å². The number of aryl methyl sites for hydroxylation is 1. The number of rotatable bonds is 4. The first kappa shape index (κ1) is 23.4. The second-order valence-corrected chi connectivity index (χ2v) is 10.4. The van der Waals surface area contributed by atoms with Crippen molar-refractivity contribution in [3.8, 4) is 39.5 Å². The summed E-state index contributed by atoms with van der Waals surface area (Å²) in [5.41, 5.74) is 11.0. The summed E-state index contributed by atoms with van der Waals surface area (Å²) >= 11 is 0. The van der Waals surface area contributed by atoms with Crippen LogP contribution < -0.4 is 0 Å². The number of hydrogen-bond acceptors (Lipinski definition) is 2. The minimum Gasteiger partial charge on any atom is -0.327 e. The third-order valence-electron chi connectivity index (χ3n) is 7.99. The minimum atomic E-state index is 0.950. The molecule has 194 valence electrons. The van der Waals surface area contributed by atoms with Gasteiger partial charge in [0.2, 0.25) is 0 Å². The van der Waals surface area contributed by atoms with Gasteiger partial charge in [-0.3, -0.25) is 4.98 Å². The van der Waals surface area contributed by atoms with E-state index in [9.17, 15) is 0 Å². The van der Waals surface area contributed by atoms with E-state index in [2.05, 4.69) is 136 Å². The van der Waals surface area contributed by atoms with Crippen molar-refractivity contribution in [2.24, 2.45) is 7.05 Å². The molecule has 4 nitrogen and oxygen atoms in total. The van der Waals surface area contributed by atoms with Crippen LogP contribution in [0.2, 0.25) is 0 Å². The number of para-hydroxylation sites is 3. The molecule has 0 bridgehead atoms. The first-order chi connectivity index (χ1) is 20.3. The van der Waals surface area contributed by atoms with Crippen LogP contribution >= 0.6 is 0 Å². The molecule has 5 aromatic carbocycles. The third kappa shape index (κ3) is 3.76. The highest BCUT2D eigenvalue weighted by molar-refractivity contribution is 6.12. The van der Waals surface area contributed by atoms with Gasteiger partial charge in [-0.05, 0) is 65.7 Å². The monoisotopic (exact) mass is 526 g/mol. The zero-order chi connectivity index (χ0) is 27.3. The van der Waals surface area contributed by atoms with Gasteiger partial charge < -0.3 is 9.13 Å². The Labute approximate surface area is 237 Å². The van der Waals surface area contributed by atoms with Crippen LogP contribution in [-0.4, -0.2) is 19.1 Å². The normalized spacial score (nSPS) is 11.5. The van der Waals surface area contributed by atoms with Crippen LogP contribution in [0.4, 0.5) is 0 Å². The predicted octanol–water partition coefficient (Wildman–Crippen LogP) is 9.07. The van der Waals surface area contributed by atoms with Crippen LogP contribution in [0.1, 0.15) is 0 Å². The maximum Gasteiger partial charge on any atom is 0.141 e. The first-order valence-corrected chi connectivity index (χ1v) is 13.8. The van der Waals surface area contributed by atoms with Crippen LogP contribution in [0, 0.1) is 0 Å². The Balaban J connectivity index is 1.47. The molecule has 0 N–H and O–H groups in total. The number of pyridine rings is 1. The summed E-state index contributed by atoms with van der Waals surface area (Å²) in [4.78, 5) is 9.74. The van der Waals surface area contributed by atoms with E-state index in [4.69, 9.17) is 4.98 Å². The van der Waals surface area contributed by atoms with E-state index in [0.29, 0.717) is 0 Å². The van der Waals surface area contributed by atoms with E-state index < -0.39 is 0 Å². The van der Waals surface area contributed by atoms with Gasteiger partial charge >= 0.3 is 0 Å². The van der Waals surface area contributed by atoms with Crippen molar-refractivity contribution in [1.82, 2.24) is 19.1 Å². The van der Waals surface area contributed by atoms with Gasteiger partial charge in [-0.1, -0.05) is 78.9 Å². The summed E-state index contributed by atoms with van der Waals surface area (Å²) in [5, 5.41) is 2.43. The number of imidazole rings is 1. The first-order valence-electron chi connectivity index (χ1n) is 13.8. The Kier molecular flexibility index (Phi) is 5.32. The molecule has 0 aliphatic heterocycles. The maximum absolute atomic E-state index is 5.13. The topological polar surface area (TPSA) is 35.6 Å². The summed E-state index contributed by atoms with van der Waals surface area (Å²) < 4.78 is 4.58. The van der Waals surface area contributed by atoms with Crippen molar-refractivity contribution in [3.63, 3.8) is 0 Å². The summed E-state index contributed by atoms with van der Waals surface area (Å²) in [6, 6.07) is 47.0. The number of aromatic nitrogens is 4. The van der Waals surface area contributed by atoms with Gasteiger partial charge in [-0.15, -0.1) is 0 Å². The number of fused-ring (bicyclic) bond motifs is 4. The van der Waals surface area contributed by atoms with Crippen molar-refractivity contribution < 1.29 is 0 Å². The Hall–Kier alpha value is -5.48. The van der Waals surface area contributed by atoms with Gasteiger partial charge in [0.25, 0.3) is 0 Å². The fourth-order valence-electron chi connectivity index (χ4n) is 6.06. The molecule has 0 unspecified atom stereocenters. The van der Waals surface area contributed by atoms with Crippen molar-refractivity contribution in [3.05, 3.63) is 140 Å².